The zero-order chi connectivity index (χ0) is 19.7. The van der Waals surface area contributed by atoms with Gasteiger partial charge in [-0.1, -0.05) is 0 Å². The van der Waals surface area contributed by atoms with E-state index < -0.39 is 23.4 Å². The molecule has 1 aliphatic heterocycles. The number of hydrogen-bond acceptors (Lipinski definition) is 7. The van der Waals surface area contributed by atoms with E-state index in [2.05, 4.69) is 36.1 Å². The van der Waals surface area contributed by atoms with Gasteiger partial charge in [0.1, 0.15) is 12.2 Å². The van der Waals surface area contributed by atoms with Gasteiger partial charge in [0.25, 0.3) is 11.8 Å². The fourth-order valence-electron chi connectivity index (χ4n) is 2.91. The van der Waals surface area contributed by atoms with E-state index in [-0.39, 0.29) is 18.1 Å². The second kappa shape index (κ2) is 6.57. The Hall–Kier alpha value is -4.09. The summed E-state index contributed by atoms with van der Waals surface area (Å²) in [5, 5.41) is 15.2. The topological polar surface area (TPSA) is 149 Å². The largest absolute Gasteiger partial charge is 0.347 e. The Morgan fingerprint density at radius 1 is 1.21 bits per heavy atom. The summed E-state index contributed by atoms with van der Waals surface area (Å²) in [6.07, 6.45) is 7.98. The molecule has 4 amide bonds. The zero-order valence-corrected chi connectivity index (χ0v) is 14.7. The zero-order valence-electron chi connectivity index (χ0n) is 14.7. The van der Waals surface area contributed by atoms with Crippen LogP contribution in [0.1, 0.15) is 16.3 Å². The van der Waals surface area contributed by atoms with Crippen LogP contribution in [0.5, 0.6) is 0 Å². The molecule has 0 aliphatic carbocycles. The highest BCUT2D eigenvalue weighted by Gasteiger charge is 2.50. The Labute approximate surface area is 158 Å². The molecular formula is C16H15N9O3. The van der Waals surface area contributed by atoms with E-state index in [1.54, 1.807) is 47.2 Å². The predicted molar refractivity (Wildman–Crippen MR) is 93.0 cm³/mol. The molecule has 1 unspecified atom stereocenters. The Morgan fingerprint density at radius 2 is 2.07 bits per heavy atom. The minimum Gasteiger partial charge on any atom is -0.347 e. The van der Waals surface area contributed by atoms with Crippen LogP contribution in [0.4, 0.5) is 4.79 Å². The van der Waals surface area contributed by atoms with Crippen molar-refractivity contribution in [1.29, 1.82) is 0 Å². The fraction of sp³-hybridized carbons (Fsp3) is 0.188. The highest BCUT2D eigenvalue weighted by molar-refractivity contribution is 6.07. The van der Waals surface area contributed by atoms with Crippen LogP contribution in [-0.4, -0.2) is 53.7 Å². The first-order chi connectivity index (χ1) is 13.5. The van der Waals surface area contributed by atoms with E-state index in [4.69, 9.17) is 0 Å². The van der Waals surface area contributed by atoms with E-state index in [1.165, 1.54) is 12.3 Å². The van der Waals surface area contributed by atoms with Crippen molar-refractivity contribution in [3.8, 4) is 5.82 Å². The van der Waals surface area contributed by atoms with Crippen molar-refractivity contribution >= 4 is 17.8 Å². The lowest BCUT2D eigenvalue weighted by atomic mass is 9.98. The number of nitrogens with one attached hydrogen (secondary N) is 3. The third-order valence-corrected chi connectivity index (χ3v) is 4.31. The van der Waals surface area contributed by atoms with Gasteiger partial charge < -0.3 is 15.2 Å². The van der Waals surface area contributed by atoms with Crippen LogP contribution in [0.2, 0.25) is 0 Å². The summed E-state index contributed by atoms with van der Waals surface area (Å²) >= 11 is 0. The molecular weight excluding hydrogens is 366 g/mol. The summed E-state index contributed by atoms with van der Waals surface area (Å²) in [6.45, 7) is -0.209. The standard InChI is InChI=1S/C16H15N9O3/c1-24-6-5-18-13(24)16(14(27)20-15(28)21-16)8-19-12(26)10-2-3-11(23-22-10)25-7-4-17-9-25/h2-7,9H,8H2,1H3,(H,19,26)(H2,20,21,27,28). The first-order valence-electron chi connectivity index (χ1n) is 8.21. The molecule has 0 aromatic carbocycles. The highest BCUT2D eigenvalue weighted by Crippen LogP contribution is 2.22. The Morgan fingerprint density at radius 3 is 2.64 bits per heavy atom. The number of amides is 4. The summed E-state index contributed by atoms with van der Waals surface area (Å²) in [5.74, 6) is -0.362. The molecule has 28 heavy (non-hydrogen) atoms. The maximum absolute atomic E-state index is 12.5. The average Bonchev–Trinajstić information content (AvgIpc) is 3.41. The first kappa shape index (κ1) is 17.3. The van der Waals surface area contributed by atoms with E-state index in [0.29, 0.717) is 5.82 Å². The van der Waals surface area contributed by atoms with Crippen LogP contribution >= 0.6 is 0 Å². The van der Waals surface area contributed by atoms with Crippen molar-refractivity contribution in [2.75, 3.05) is 6.54 Å². The van der Waals surface area contributed by atoms with Gasteiger partial charge in [-0.2, -0.15) is 0 Å². The monoisotopic (exact) mass is 381 g/mol. The molecule has 12 nitrogen and oxygen atoms in total. The van der Waals surface area contributed by atoms with E-state index >= 15 is 0 Å². The summed E-state index contributed by atoms with van der Waals surface area (Å²) < 4.78 is 3.24. The maximum Gasteiger partial charge on any atom is 0.322 e. The highest BCUT2D eigenvalue weighted by atomic mass is 16.2. The molecule has 0 saturated carbocycles. The molecule has 3 N–H and O–H groups in total. The van der Waals surface area contributed by atoms with Gasteiger partial charge in [-0.25, -0.2) is 14.8 Å². The number of aryl methyl sites for hydroxylation is 1. The van der Waals surface area contributed by atoms with Gasteiger partial charge in [0.15, 0.2) is 17.1 Å². The molecule has 1 atom stereocenters. The molecule has 3 aromatic rings. The third-order valence-electron chi connectivity index (χ3n) is 4.31. The smallest absolute Gasteiger partial charge is 0.322 e. The summed E-state index contributed by atoms with van der Waals surface area (Å²) in [7, 11) is 1.68. The van der Waals surface area contributed by atoms with Crippen LogP contribution < -0.4 is 16.0 Å². The van der Waals surface area contributed by atoms with Crippen molar-refractivity contribution in [2.24, 2.45) is 7.05 Å². The molecule has 0 bridgehead atoms. The molecule has 4 heterocycles. The average molecular weight is 381 g/mol. The van der Waals surface area contributed by atoms with Crippen molar-refractivity contribution in [2.45, 2.75) is 5.54 Å². The number of carbonyl (C=O) groups excluding carboxylic acids is 3. The lowest BCUT2D eigenvalue weighted by molar-refractivity contribution is -0.124. The molecule has 12 heteroatoms. The second-order valence-corrected chi connectivity index (χ2v) is 6.10. The summed E-state index contributed by atoms with van der Waals surface area (Å²) in [6, 6.07) is 2.45. The van der Waals surface area contributed by atoms with Crippen LogP contribution in [0, 0.1) is 0 Å². The number of imidazole rings is 2. The van der Waals surface area contributed by atoms with Gasteiger partial charge in [-0.3, -0.25) is 19.5 Å². The SMILES string of the molecule is Cn1ccnc1C1(CNC(=O)c2ccc(-n3ccnc3)nn2)NC(=O)NC1=O. The van der Waals surface area contributed by atoms with E-state index in [0.717, 1.165) is 0 Å². The normalized spacial score (nSPS) is 18.6. The number of nitrogens with zero attached hydrogens (tertiary/aromatic N) is 6. The number of urea groups is 1. The number of hydrogen-bond donors (Lipinski definition) is 3. The van der Waals surface area contributed by atoms with Crippen molar-refractivity contribution in [3.05, 3.63) is 54.8 Å². The fourth-order valence-corrected chi connectivity index (χ4v) is 2.91. The molecule has 0 radical (unpaired) electrons. The third kappa shape index (κ3) is 2.86. The van der Waals surface area contributed by atoms with Gasteiger partial charge >= 0.3 is 6.03 Å². The van der Waals surface area contributed by atoms with E-state index in [1.807, 2.05) is 0 Å². The molecule has 4 rings (SSSR count). The molecule has 0 spiro atoms. The van der Waals surface area contributed by atoms with Crippen LogP contribution in [0.15, 0.2) is 43.2 Å². The lowest BCUT2D eigenvalue weighted by Crippen LogP contribution is -2.54. The molecule has 1 saturated heterocycles. The predicted octanol–water partition coefficient (Wildman–Crippen LogP) is -1.14. The van der Waals surface area contributed by atoms with Crippen molar-refractivity contribution in [3.63, 3.8) is 0 Å². The van der Waals surface area contributed by atoms with Gasteiger partial charge in [0.05, 0.1) is 6.54 Å². The maximum atomic E-state index is 12.5. The molecule has 1 aliphatic rings. The van der Waals surface area contributed by atoms with Gasteiger partial charge in [0, 0.05) is 31.8 Å². The summed E-state index contributed by atoms with van der Waals surface area (Å²) in [5.41, 5.74) is -1.46. The molecule has 3 aromatic heterocycles. The van der Waals surface area contributed by atoms with Crippen molar-refractivity contribution in [1.82, 2.24) is 45.2 Å². The van der Waals surface area contributed by atoms with Gasteiger partial charge in [-0.05, 0) is 12.1 Å². The minimum absolute atomic E-state index is 0.0589. The van der Waals surface area contributed by atoms with Crippen LogP contribution in [0.25, 0.3) is 5.82 Å². The molecule has 1 fully saturated rings. The van der Waals surface area contributed by atoms with E-state index in [9.17, 15) is 14.4 Å². The number of aromatic nitrogens is 6. The summed E-state index contributed by atoms with van der Waals surface area (Å²) in [4.78, 5) is 44.7. The Kier molecular flexibility index (Phi) is 4.07. The molecule has 142 valence electrons. The second-order valence-electron chi connectivity index (χ2n) is 6.10. The first-order valence-corrected chi connectivity index (χ1v) is 8.21. The van der Waals surface area contributed by atoms with Gasteiger partial charge in [0.2, 0.25) is 0 Å². The minimum atomic E-state index is -1.52. The number of imide groups is 1. The van der Waals surface area contributed by atoms with Crippen LogP contribution in [0.3, 0.4) is 0 Å². The lowest BCUT2D eigenvalue weighted by Gasteiger charge is -2.25. The van der Waals surface area contributed by atoms with Crippen LogP contribution in [-0.2, 0) is 17.4 Å². The van der Waals surface area contributed by atoms with Gasteiger partial charge in [-0.15, -0.1) is 10.2 Å². The Bertz CT molecular complexity index is 1040. The number of rotatable bonds is 5. The Balaban J connectivity index is 1.53. The quantitative estimate of drug-likeness (QED) is 0.473. The van der Waals surface area contributed by atoms with Crippen molar-refractivity contribution < 1.29 is 14.4 Å². The number of carbonyl (C=O) groups is 3.